The maximum absolute atomic E-state index is 11.2. The maximum atomic E-state index is 11.2. The van der Waals surface area contributed by atoms with E-state index in [1.54, 1.807) is 13.0 Å². The van der Waals surface area contributed by atoms with E-state index in [9.17, 15) is 4.79 Å². The van der Waals surface area contributed by atoms with Crippen molar-refractivity contribution in [3.63, 3.8) is 0 Å². The molecule has 1 unspecified atom stereocenters. The number of hydrogen-bond donors (Lipinski definition) is 0. The summed E-state index contributed by atoms with van der Waals surface area (Å²) in [4.78, 5) is 11.2. The molecule has 98 valence electrons. The fraction of sp³-hybridized carbons (Fsp3) is 0.333. The maximum Gasteiger partial charge on any atom is 0.330 e. The molecule has 0 fully saturated rings. The van der Waals surface area contributed by atoms with Crippen molar-refractivity contribution in [3.8, 4) is 11.8 Å². The van der Waals surface area contributed by atoms with Crippen molar-refractivity contribution in [1.29, 1.82) is 5.26 Å². The van der Waals surface area contributed by atoms with Crippen LogP contribution in [0.4, 0.5) is 0 Å². The Labute approximate surface area is 112 Å². The van der Waals surface area contributed by atoms with E-state index in [4.69, 9.17) is 14.7 Å². The highest BCUT2D eigenvalue weighted by Crippen LogP contribution is 2.28. The van der Waals surface area contributed by atoms with Gasteiger partial charge in [0.2, 0.25) is 0 Å². The Bertz CT molecular complexity index is 543. The second-order valence-electron chi connectivity index (χ2n) is 4.23. The molecule has 1 aromatic carbocycles. The largest absolute Gasteiger partial charge is 0.475 e. The average Bonchev–Trinajstić information content (AvgIpc) is 2.44. The fourth-order valence-electron chi connectivity index (χ4n) is 1.96. The SMILES string of the molecule is CCOC(=O)/C=C/c1ccc2c(c1)CCC(C#N)O2. The molecule has 0 bridgehead atoms. The van der Waals surface area contributed by atoms with Crippen LogP contribution in [0.2, 0.25) is 0 Å². The first-order valence-electron chi connectivity index (χ1n) is 6.27. The Kier molecular flexibility index (Phi) is 4.19. The summed E-state index contributed by atoms with van der Waals surface area (Å²) >= 11 is 0. The van der Waals surface area contributed by atoms with Crippen LogP contribution in [0.3, 0.4) is 0 Å². The molecule has 4 nitrogen and oxygen atoms in total. The van der Waals surface area contributed by atoms with E-state index >= 15 is 0 Å². The molecular weight excluding hydrogens is 242 g/mol. The van der Waals surface area contributed by atoms with Crippen molar-refractivity contribution < 1.29 is 14.3 Å². The van der Waals surface area contributed by atoms with Gasteiger partial charge in [0, 0.05) is 12.5 Å². The van der Waals surface area contributed by atoms with Gasteiger partial charge in [0.05, 0.1) is 6.61 Å². The van der Waals surface area contributed by atoms with Gasteiger partial charge in [-0.3, -0.25) is 0 Å². The minimum Gasteiger partial charge on any atom is -0.475 e. The number of esters is 1. The second-order valence-corrected chi connectivity index (χ2v) is 4.23. The number of carbonyl (C=O) groups is 1. The molecule has 0 spiro atoms. The van der Waals surface area contributed by atoms with Crippen LogP contribution < -0.4 is 4.74 Å². The van der Waals surface area contributed by atoms with Crippen LogP contribution in [0.15, 0.2) is 24.3 Å². The van der Waals surface area contributed by atoms with Gasteiger partial charge in [0.15, 0.2) is 6.10 Å². The van der Waals surface area contributed by atoms with Gasteiger partial charge in [-0.2, -0.15) is 5.26 Å². The molecule has 1 aromatic rings. The van der Waals surface area contributed by atoms with Crippen LogP contribution in [0.1, 0.15) is 24.5 Å². The number of rotatable bonds is 3. The minimum absolute atomic E-state index is 0.346. The molecular formula is C15H15NO3. The third-order valence-electron chi connectivity index (χ3n) is 2.87. The Morgan fingerprint density at radius 1 is 1.63 bits per heavy atom. The highest BCUT2D eigenvalue weighted by atomic mass is 16.5. The Morgan fingerprint density at radius 2 is 2.47 bits per heavy atom. The lowest BCUT2D eigenvalue weighted by molar-refractivity contribution is -0.137. The van der Waals surface area contributed by atoms with Crippen LogP contribution >= 0.6 is 0 Å². The first-order chi connectivity index (χ1) is 9.22. The lowest BCUT2D eigenvalue weighted by Gasteiger charge is -2.21. The number of benzene rings is 1. The van der Waals surface area contributed by atoms with Crippen molar-refractivity contribution in [2.75, 3.05) is 6.61 Å². The van der Waals surface area contributed by atoms with Gasteiger partial charge in [-0.25, -0.2) is 4.79 Å². The van der Waals surface area contributed by atoms with Crippen LogP contribution in [-0.2, 0) is 16.0 Å². The zero-order valence-corrected chi connectivity index (χ0v) is 10.8. The van der Waals surface area contributed by atoms with Crippen LogP contribution in [-0.4, -0.2) is 18.7 Å². The third kappa shape index (κ3) is 3.35. The molecule has 4 heteroatoms. The molecule has 0 saturated carbocycles. The van der Waals surface area contributed by atoms with Gasteiger partial charge < -0.3 is 9.47 Å². The average molecular weight is 257 g/mol. The molecule has 0 aromatic heterocycles. The summed E-state index contributed by atoms with van der Waals surface area (Å²) in [6, 6.07) is 7.78. The summed E-state index contributed by atoms with van der Waals surface area (Å²) in [5, 5.41) is 8.83. The molecule has 0 saturated heterocycles. The van der Waals surface area contributed by atoms with E-state index in [2.05, 4.69) is 6.07 Å². The quantitative estimate of drug-likeness (QED) is 0.616. The Hall–Kier alpha value is -2.28. The molecule has 0 amide bonds. The van der Waals surface area contributed by atoms with E-state index in [1.807, 2.05) is 18.2 Å². The number of ether oxygens (including phenoxy) is 2. The van der Waals surface area contributed by atoms with E-state index in [-0.39, 0.29) is 12.1 Å². The molecule has 1 aliphatic heterocycles. The number of nitrogens with zero attached hydrogens (tertiary/aromatic N) is 1. The van der Waals surface area contributed by atoms with Crippen LogP contribution in [0.25, 0.3) is 6.08 Å². The number of carbonyl (C=O) groups excluding carboxylic acids is 1. The molecule has 19 heavy (non-hydrogen) atoms. The predicted octanol–water partition coefficient (Wildman–Crippen LogP) is 2.48. The molecule has 1 atom stereocenters. The smallest absolute Gasteiger partial charge is 0.330 e. The van der Waals surface area contributed by atoms with Gasteiger partial charge in [-0.15, -0.1) is 0 Å². The number of fused-ring (bicyclic) bond motifs is 1. The number of aryl methyl sites for hydroxylation is 1. The second kappa shape index (κ2) is 6.05. The fourth-order valence-corrected chi connectivity index (χ4v) is 1.96. The zero-order chi connectivity index (χ0) is 13.7. The van der Waals surface area contributed by atoms with Gasteiger partial charge in [-0.05, 0) is 42.7 Å². The van der Waals surface area contributed by atoms with E-state index in [0.717, 1.165) is 23.3 Å². The summed E-state index contributed by atoms with van der Waals surface area (Å²) < 4.78 is 10.3. The molecule has 1 heterocycles. The van der Waals surface area contributed by atoms with Gasteiger partial charge >= 0.3 is 5.97 Å². The molecule has 0 radical (unpaired) electrons. The minimum atomic E-state index is -0.353. The number of nitriles is 1. The van der Waals surface area contributed by atoms with Gasteiger partial charge in [0.1, 0.15) is 11.8 Å². The Balaban J connectivity index is 2.10. The summed E-state index contributed by atoms with van der Waals surface area (Å²) in [6.07, 6.45) is 4.29. The highest BCUT2D eigenvalue weighted by Gasteiger charge is 2.18. The lowest BCUT2D eigenvalue weighted by atomic mass is 10.0. The van der Waals surface area contributed by atoms with Crippen molar-refractivity contribution in [2.45, 2.75) is 25.9 Å². The van der Waals surface area contributed by atoms with E-state index in [1.165, 1.54) is 6.08 Å². The van der Waals surface area contributed by atoms with Crippen molar-refractivity contribution >= 4 is 12.0 Å². The standard InChI is InChI=1S/C15H15NO3/c1-2-18-15(17)8-4-11-3-7-14-12(9-11)5-6-13(10-16)19-14/h3-4,7-9,13H,2,5-6H2,1H3/b8-4+. The van der Waals surface area contributed by atoms with Crippen molar-refractivity contribution in [3.05, 3.63) is 35.4 Å². The van der Waals surface area contributed by atoms with Crippen molar-refractivity contribution in [1.82, 2.24) is 0 Å². The monoisotopic (exact) mass is 257 g/mol. The van der Waals surface area contributed by atoms with E-state index in [0.29, 0.717) is 13.0 Å². The van der Waals surface area contributed by atoms with Crippen LogP contribution in [0.5, 0.6) is 5.75 Å². The first kappa shape index (κ1) is 13.2. The highest BCUT2D eigenvalue weighted by molar-refractivity contribution is 5.87. The van der Waals surface area contributed by atoms with E-state index < -0.39 is 0 Å². The summed E-state index contributed by atoms with van der Waals surface area (Å²) in [5.74, 6) is 0.409. The summed E-state index contributed by atoms with van der Waals surface area (Å²) in [6.45, 7) is 2.14. The summed E-state index contributed by atoms with van der Waals surface area (Å²) in [5.41, 5.74) is 1.99. The molecule has 0 N–H and O–H groups in total. The summed E-state index contributed by atoms with van der Waals surface area (Å²) in [7, 11) is 0. The van der Waals surface area contributed by atoms with Crippen molar-refractivity contribution in [2.24, 2.45) is 0 Å². The predicted molar refractivity (Wildman–Crippen MR) is 70.5 cm³/mol. The molecule has 1 aliphatic rings. The van der Waals surface area contributed by atoms with Gasteiger partial charge in [-0.1, -0.05) is 6.07 Å². The topological polar surface area (TPSA) is 59.3 Å². The Morgan fingerprint density at radius 3 is 3.21 bits per heavy atom. The lowest BCUT2D eigenvalue weighted by Crippen LogP contribution is -2.20. The third-order valence-corrected chi connectivity index (χ3v) is 2.87. The van der Waals surface area contributed by atoms with Crippen LogP contribution in [0, 0.1) is 11.3 Å². The van der Waals surface area contributed by atoms with Gasteiger partial charge in [0.25, 0.3) is 0 Å². The normalized spacial score (nSPS) is 17.4. The number of hydrogen-bond acceptors (Lipinski definition) is 4. The zero-order valence-electron chi connectivity index (χ0n) is 10.8. The molecule has 2 rings (SSSR count). The first-order valence-corrected chi connectivity index (χ1v) is 6.27. The molecule has 0 aliphatic carbocycles.